The van der Waals surface area contributed by atoms with E-state index in [1.807, 2.05) is 38.3 Å². The van der Waals surface area contributed by atoms with Crippen molar-refractivity contribution in [3.05, 3.63) is 52.8 Å². The largest absolute Gasteiger partial charge is 0.349 e. The lowest BCUT2D eigenvalue weighted by atomic mass is 10.0. The fraction of sp³-hybridized carbons (Fsp3) is 0.450. The van der Waals surface area contributed by atoms with Gasteiger partial charge < -0.3 is 5.32 Å². The Morgan fingerprint density at radius 1 is 1.20 bits per heavy atom. The lowest BCUT2D eigenvalue weighted by molar-refractivity contribution is -0.122. The maximum absolute atomic E-state index is 12.5. The van der Waals surface area contributed by atoms with E-state index in [0.717, 1.165) is 22.1 Å². The molecule has 0 bridgehead atoms. The molecule has 4 nitrogen and oxygen atoms in total. The van der Waals surface area contributed by atoms with Crippen LogP contribution in [0.5, 0.6) is 0 Å². The van der Waals surface area contributed by atoms with Gasteiger partial charge in [-0.2, -0.15) is 0 Å². The van der Waals surface area contributed by atoms with Crippen LogP contribution in [-0.2, 0) is 11.2 Å². The van der Waals surface area contributed by atoms with Crippen LogP contribution in [0.4, 0.5) is 0 Å². The lowest BCUT2D eigenvalue weighted by Gasteiger charge is -2.19. The van der Waals surface area contributed by atoms with Crippen LogP contribution in [0.15, 0.2) is 35.5 Å². The summed E-state index contributed by atoms with van der Waals surface area (Å²) < 4.78 is 0. The van der Waals surface area contributed by atoms with Crippen LogP contribution in [0.3, 0.4) is 0 Å². The topological polar surface area (TPSA) is 54.9 Å². The Hall–Kier alpha value is -1.88. The van der Waals surface area contributed by atoms with Crippen LogP contribution < -0.4 is 5.32 Å². The number of carbonyl (C=O) groups excluding carboxylic acids is 1. The smallest absolute Gasteiger partial charge is 0.220 e. The molecule has 132 valence electrons. The number of carbonyl (C=O) groups is 1. The highest BCUT2D eigenvalue weighted by Gasteiger charge is 2.33. The van der Waals surface area contributed by atoms with E-state index in [-0.39, 0.29) is 11.9 Å². The zero-order valence-corrected chi connectivity index (χ0v) is 15.9. The molecular formula is C20H25N3OS. The van der Waals surface area contributed by atoms with Crippen molar-refractivity contribution in [1.82, 2.24) is 15.3 Å². The summed E-state index contributed by atoms with van der Waals surface area (Å²) in [4.78, 5) is 21.5. The number of aryl methyl sites for hydroxylation is 2. The van der Waals surface area contributed by atoms with Crippen molar-refractivity contribution in [3.63, 3.8) is 0 Å². The van der Waals surface area contributed by atoms with E-state index >= 15 is 0 Å². The van der Waals surface area contributed by atoms with Gasteiger partial charge in [-0.15, -0.1) is 0 Å². The van der Waals surface area contributed by atoms with Crippen molar-refractivity contribution in [1.29, 1.82) is 0 Å². The van der Waals surface area contributed by atoms with Gasteiger partial charge in [0.1, 0.15) is 0 Å². The van der Waals surface area contributed by atoms with Crippen molar-refractivity contribution >= 4 is 17.7 Å². The number of benzene rings is 1. The summed E-state index contributed by atoms with van der Waals surface area (Å²) in [6.45, 7) is 4.00. The van der Waals surface area contributed by atoms with Crippen molar-refractivity contribution in [2.24, 2.45) is 5.92 Å². The van der Waals surface area contributed by atoms with E-state index in [1.165, 1.54) is 18.4 Å². The number of hydrogen-bond acceptors (Lipinski definition) is 4. The molecule has 0 saturated heterocycles. The van der Waals surface area contributed by atoms with Gasteiger partial charge >= 0.3 is 0 Å². The molecule has 1 amide bonds. The number of amides is 1. The highest BCUT2D eigenvalue weighted by molar-refractivity contribution is 7.98. The number of nitrogens with zero attached hydrogens (tertiary/aromatic N) is 2. The third-order valence-corrected chi connectivity index (χ3v) is 5.30. The van der Waals surface area contributed by atoms with E-state index in [9.17, 15) is 4.79 Å². The van der Waals surface area contributed by atoms with E-state index in [1.54, 1.807) is 11.8 Å². The fourth-order valence-electron chi connectivity index (χ4n) is 3.21. The minimum absolute atomic E-state index is 0.105. The first-order valence-corrected chi connectivity index (χ1v) is 10.0. The van der Waals surface area contributed by atoms with Crippen LogP contribution in [0, 0.1) is 19.8 Å². The van der Waals surface area contributed by atoms with Crippen molar-refractivity contribution < 1.29 is 4.79 Å². The molecule has 1 aromatic carbocycles. The van der Waals surface area contributed by atoms with Gasteiger partial charge in [0.15, 0.2) is 5.16 Å². The van der Waals surface area contributed by atoms with E-state index in [0.29, 0.717) is 18.8 Å². The van der Waals surface area contributed by atoms with Gasteiger partial charge in [0.25, 0.3) is 0 Å². The fourth-order valence-corrected chi connectivity index (χ4v) is 3.67. The van der Waals surface area contributed by atoms with Gasteiger partial charge in [-0.05, 0) is 56.4 Å². The summed E-state index contributed by atoms with van der Waals surface area (Å²) in [6.07, 6.45) is 5.52. The number of rotatable bonds is 7. The molecule has 0 aliphatic heterocycles. The average molecular weight is 356 g/mol. The zero-order chi connectivity index (χ0) is 17.8. The molecule has 3 rings (SSSR count). The highest BCUT2D eigenvalue weighted by Crippen LogP contribution is 2.41. The maximum atomic E-state index is 12.5. The molecule has 2 aromatic rings. The first-order chi connectivity index (χ1) is 12.1. The summed E-state index contributed by atoms with van der Waals surface area (Å²) in [5.74, 6) is 0.688. The normalized spacial score (nSPS) is 15.0. The molecule has 1 unspecified atom stereocenters. The molecule has 1 N–H and O–H groups in total. The maximum Gasteiger partial charge on any atom is 0.220 e. The number of thioether (sulfide) groups is 1. The van der Waals surface area contributed by atoms with Crippen LogP contribution in [0.25, 0.3) is 0 Å². The Morgan fingerprint density at radius 2 is 1.84 bits per heavy atom. The Balaban J connectivity index is 1.63. The molecule has 1 aliphatic rings. The molecule has 25 heavy (non-hydrogen) atoms. The molecule has 1 aliphatic carbocycles. The summed E-state index contributed by atoms with van der Waals surface area (Å²) in [5.41, 5.74) is 4.26. The monoisotopic (exact) mass is 355 g/mol. The Kier molecular flexibility index (Phi) is 5.74. The Bertz CT molecular complexity index is 721. The Morgan fingerprint density at radius 3 is 2.40 bits per heavy atom. The summed E-state index contributed by atoms with van der Waals surface area (Å²) in [7, 11) is 0. The number of hydrogen-bond donors (Lipinski definition) is 1. The third-order valence-electron chi connectivity index (χ3n) is 4.75. The van der Waals surface area contributed by atoms with E-state index in [4.69, 9.17) is 0 Å². The summed E-state index contributed by atoms with van der Waals surface area (Å²) >= 11 is 1.54. The molecule has 1 saturated carbocycles. The molecule has 5 heteroatoms. The minimum Gasteiger partial charge on any atom is -0.349 e. The van der Waals surface area contributed by atoms with Crippen molar-refractivity contribution in [3.8, 4) is 0 Å². The molecule has 0 radical (unpaired) electrons. The summed E-state index contributed by atoms with van der Waals surface area (Å²) in [6, 6.07) is 10.4. The van der Waals surface area contributed by atoms with Gasteiger partial charge in [-0.25, -0.2) is 9.97 Å². The first kappa shape index (κ1) is 17.9. The highest BCUT2D eigenvalue weighted by atomic mass is 32.2. The van der Waals surface area contributed by atoms with E-state index in [2.05, 4.69) is 27.4 Å². The van der Waals surface area contributed by atoms with Crippen molar-refractivity contribution in [2.45, 2.75) is 50.7 Å². The molecular weight excluding hydrogens is 330 g/mol. The predicted molar refractivity (Wildman–Crippen MR) is 102 cm³/mol. The molecule has 1 atom stereocenters. The van der Waals surface area contributed by atoms with Gasteiger partial charge in [0.05, 0.1) is 6.04 Å². The van der Waals surface area contributed by atoms with Gasteiger partial charge in [-0.1, -0.05) is 42.1 Å². The quantitative estimate of drug-likeness (QED) is 0.602. The predicted octanol–water partition coefficient (Wildman–Crippen LogP) is 4.02. The van der Waals surface area contributed by atoms with Gasteiger partial charge in [0.2, 0.25) is 5.91 Å². The van der Waals surface area contributed by atoms with Crippen LogP contribution in [0.2, 0.25) is 0 Å². The van der Waals surface area contributed by atoms with Gasteiger partial charge in [-0.3, -0.25) is 4.79 Å². The van der Waals surface area contributed by atoms with Gasteiger partial charge in [0, 0.05) is 17.8 Å². The minimum atomic E-state index is 0.105. The van der Waals surface area contributed by atoms with Crippen molar-refractivity contribution in [2.75, 3.05) is 6.26 Å². The standard InChI is InChI=1S/C20H25N3OS/c1-13-17(14(2)22-20(21-13)25-3)11-12-18(24)23-19(16-9-10-16)15-7-5-4-6-8-15/h4-8,16,19H,9-12H2,1-3H3,(H,23,24). The molecule has 1 fully saturated rings. The molecule has 1 heterocycles. The Labute approximate surface area is 153 Å². The second kappa shape index (κ2) is 8.00. The zero-order valence-electron chi connectivity index (χ0n) is 15.1. The first-order valence-electron chi connectivity index (χ1n) is 8.81. The molecule has 1 aromatic heterocycles. The van der Waals surface area contributed by atoms with E-state index < -0.39 is 0 Å². The second-order valence-electron chi connectivity index (χ2n) is 6.65. The average Bonchev–Trinajstić information content (AvgIpc) is 3.44. The van der Waals surface area contributed by atoms with Crippen LogP contribution in [-0.4, -0.2) is 22.1 Å². The third kappa shape index (κ3) is 4.60. The summed E-state index contributed by atoms with van der Waals surface area (Å²) in [5, 5.41) is 4.04. The second-order valence-corrected chi connectivity index (χ2v) is 7.43. The SMILES string of the molecule is CSc1nc(C)c(CCC(=O)NC(c2ccccc2)C2CC2)c(C)n1. The molecule has 0 spiro atoms. The number of aromatic nitrogens is 2. The van der Waals surface area contributed by atoms with Crippen LogP contribution >= 0.6 is 11.8 Å². The van der Waals surface area contributed by atoms with Crippen LogP contribution in [0.1, 0.15) is 47.8 Å². The number of nitrogens with one attached hydrogen (secondary N) is 1. The lowest BCUT2D eigenvalue weighted by Crippen LogP contribution is -2.30.